The summed E-state index contributed by atoms with van der Waals surface area (Å²) >= 11 is 0. The van der Waals surface area contributed by atoms with Crippen LogP contribution in [0.25, 0.3) is 0 Å². The lowest BCUT2D eigenvalue weighted by molar-refractivity contribution is -0.151. The number of likely N-dealkylation sites (tertiary alicyclic amines) is 1. The zero-order valence-corrected chi connectivity index (χ0v) is 16.7. The molecule has 0 bridgehead atoms. The van der Waals surface area contributed by atoms with Gasteiger partial charge in [0.2, 0.25) is 0 Å². The summed E-state index contributed by atoms with van der Waals surface area (Å²) in [7, 11) is 0. The van der Waals surface area contributed by atoms with Crippen LogP contribution >= 0.6 is 0 Å². The third-order valence-electron chi connectivity index (χ3n) is 5.61. The van der Waals surface area contributed by atoms with Gasteiger partial charge in [-0.15, -0.1) is 0 Å². The molecule has 0 unspecified atom stereocenters. The van der Waals surface area contributed by atoms with E-state index >= 15 is 0 Å². The maximum atomic E-state index is 12.1. The van der Waals surface area contributed by atoms with E-state index in [9.17, 15) is 4.79 Å². The lowest BCUT2D eigenvalue weighted by atomic mass is 10.00. The molecule has 2 aromatic rings. The third-order valence-corrected chi connectivity index (χ3v) is 5.61. The predicted octanol–water partition coefficient (Wildman–Crippen LogP) is 3.59. The van der Waals surface area contributed by atoms with Gasteiger partial charge in [0, 0.05) is 19.5 Å². The van der Waals surface area contributed by atoms with Crippen LogP contribution in [0.1, 0.15) is 36.5 Å². The fraction of sp³-hybridized carbons (Fsp3) is 0.458. The van der Waals surface area contributed by atoms with Crippen molar-refractivity contribution in [2.24, 2.45) is 0 Å². The Morgan fingerprint density at radius 1 is 0.931 bits per heavy atom. The summed E-state index contributed by atoms with van der Waals surface area (Å²) in [5, 5.41) is 0. The second-order valence-corrected chi connectivity index (χ2v) is 7.79. The number of esters is 1. The van der Waals surface area contributed by atoms with Crippen LogP contribution in [0.2, 0.25) is 0 Å². The fourth-order valence-corrected chi connectivity index (χ4v) is 4.01. The molecular formula is C24H29NO4. The second kappa shape index (κ2) is 10.0. The average molecular weight is 395 g/mol. The van der Waals surface area contributed by atoms with Crippen molar-refractivity contribution in [1.29, 1.82) is 0 Å². The molecule has 5 heteroatoms. The minimum absolute atomic E-state index is 0.0683. The highest BCUT2D eigenvalue weighted by atomic mass is 16.6. The Bertz CT molecular complexity index is 713. The third kappa shape index (κ3) is 5.66. The van der Waals surface area contributed by atoms with Gasteiger partial charge in [0.1, 0.15) is 12.2 Å². The van der Waals surface area contributed by atoms with E-state index in [1.807, 2.05) is 12.1 Å². The largest absolute Gasteiger partial charge is 0.459 e. The average Bonchev–Trinajstić information content (AvgIpc) is 3.27. The zero-order valence-electron chi connectivity index (χ0n) is 16.7. The van der Waals surface area contributed by atoms with Crippen LogP contribution in [0.5, 0.6) is 0 Å². The van der Waals surface area contributed by atoms with Crippen molar-refractivity contribution >= 4 is 5.97 Å². The summed E-state index contributed by atoms with van der Waals surface area (Å²) in [5.41, 5.74) is 2.34. The lowest BCUT2D eigenvalue weighted by Crippen LogP contribution is -2.41. The van der Waals surface area contributed by atoms with Crippen LogP contribution in [-0.2, 0) is 19.0 Å². The van der Waals surface area contributed by atoms with Crippen molar-refractivity contribution in [2.75, 3.05) is 32.8 Å². The highest BCUT2D eigenvalue weighted by Crippen LogP contribution is 2.30. The molecule has 0 aliphatic carbocycles. The molecule has 1 atom stereocenters. The molecule has 29 heavy (non-hydrogen) atoms. The first-order valence-corrected chi connectivity index (χ1v) is 10.5. The smallest absolute Gasteiger partial charge is 0.320 e. The summed E-state index contributed by atoms with van der Waals surface area (Å²) in [6.45, 7) is 3.26. The first kappa shape index (κ1) is 20.1. The highest BCUT2D eigenvalue weighted by molar-refractivity contribution is 5.71. The van der Waals surface area contributed by atoms with Crippen LogP contribution in [-0.4, -0.2) is 55.9 Å². The Morgan fingerprint density at radius 3 is 2.10 bits per heavy atom. The van der Waals surface area contributed by atoms with Gasteiger partial charge in [-0.3, -0.25) is 9.69 Å². The van der Waals surface area contributed by atoms with Gasteiger partial charge in [0.15, 0.2) is 0 Å². The molecule has 2 fully saturated rings. The van der Waals surface area contributed by atoms with Gasteiger partial charge >= 0.3 is 5.97 Å². The minimum atomic E-state index is -0.147. The van der Waals surface area contributed by atoms with E-state index < -0.39 is 0 Å². The highest BCUT2D eigenvalue weighted by Gasteiger charge is 2.27. The van der Waals surface area contributed by atoms with Crippen LogP contribution in [0.3, 0.4) is 0 Å². The first-order valence-electron chi connectivity index (χ1n) is 10.5. The molecule has 0 amide bonds. The monoisotopic (exact) mass is 395 g/mol. The Morgan fingerprint density at radius 2 is 1.55 bits per heavy atom. The Hall–Kier alpha value is -2.21. The molecule has 0 spiro atoms. The SMILES string of the molecule is O=C(CN1CCC(OC(c2ccccc2)c2ccccc2)CC1)O[C@H]1CCOC1. The number of carbonyl (C=O) groups is 1. The summed E-state index contributed by atoms with van der Waals surface area (Å²) in [6, 6.07) is 20.8. The van der Waals surface area contributed by atoms with E-state index in [2.05, 4.69) is 53.4 Å². The van der Waals surface area contributed by atoms with Gasteiger partial charge < -0.3 is 14.2 Å². The number of rotatable bonds is 7. The molecule has 0 radical (unpaired) electrons. The van der Waals surface area contributed by atoms with E-state index in [0.717, 1.165) is 32.4 Å². The van der Waals surface area contributed by atoms with E-state index in [-0.39, 0.29) is 24.3 Å². The molecule has 5 nitrogen and oxygen atoms in total. The lowest BCUT2D eigenvalue weighted by Gasteiger charge is -2.33. The number of nitrogens with zero attached hydrogens (tertiary/aromatic N) is 1. The molecule has 2 aliphatic rings. The first-order chi connectivity index (χ1) is 14.3. The number of ether oxygens (including phenoxy) is 3. The van der Waals surface area contributed by atoms with Gasteiger partial charge in [-0.25, -0.2) is 0 Å². The molecule has 4 rings (SSSR count). The summed E-state index contributed by atoms with van der Waals surface area (Å²) in [5.74, 6) is -0.147. The maximum absolute atomic E-state index is 12.1. The van der Waals surface area contributed by atoms with E-state index in [4.69, 9.17) is 14.2 Å². The Balaban J connectivity index is 1.31. The van der Waals surface area contributed by atoms with Gasteiger partial charge in [0.25, 0.3) is 0 Å². The van der Waals surface area contributed by atoms with Gasteiger partial charge in [-0.1, -0.05) is 60.7 Å². The molecule has 2 heterocycles. The van der Waals surface area contributed by atoms with Crippen LogP contribution in [0.15, 0.2) is 60.7 Å². The predicted molar refractivity (Wildman–Crippen MR) is 111 cm³/mol. The number of hydrogen-bond donors (Lipinski definition) is 0. The van der Waals surface area contributed by atoms with Gasteiger partial charge in [-0.2, -0.15) is 0 Å². The zero-order chi connectivity index (χ0) is 19.9. The topological polar surface area (TPSA) is 48.0 Å². The Labute approximate surface area is 172 Å². The minimum Gasteiger partial charge on any atom is -0.459 e. The maximum Gasteiger partial charge on any atom is 0.320 e. The summed E-state index contributed by atoms with van der Waals surface area (Å²) in [4.78, 5) is 14.3. The van der Waals surface area contributed by atoms with Gasteiger partial charge in [0.05, 0.1) is 25.9 Å². The van der Waals surface area contributed by atoms with Crippen molar-refractivity contribution in [1.82, 2.24) is 4.90 Å². The van der Waals surface area contributed by atoms with Crippen LogP contribution in [0.4, 0.5) is 0 Å². The van der Waals surface area contributed by atoms with Crippen molar-refractivity contribution in [3.05, 3.63) is 71.8 Å². The van der Waals surface area contributed by atoms with E-state index in [0.29, 0.717) is 19.8 Å². The molecular weight excluding hydrogens is 366 g/mol. The van der Waals surface area contributed by atoms with Crippen molar-refractivity contribution in [2.45, 2.75) is 37.6 Å². The fourth-order valence-electron chi connectivity index (χ4n) is 4.01. The summed E-state index contributed by atoms with van der Waals surface area (Å²) < 4.78 is 17.3. The molecule has 154 valence electrons. The molecule has 0 N–H and O–H groups in total. The van der Waals surface area contributed by atoms with Crippen LogP contribution in [0, 0.1) is 0 Å². The van der Waals surface area contributed by atoms with Crippen molar-refractivity contribution in [3.63, 3.8) is 0 Å². The quantitative estimate of drug-likeness (QED) is 0.671. The molecule has 0 saturated carbocycles. The number of piperidine rings is 1. The normalized spacial score (nSPS) is 20.8. The van der Waals surface area contributed by atoms with Gasteiger partial charge in [-0.05, 0) is 24.0 Å². The standard InChI is InChI=1S/C24H29NO4/c26-23(28-22-13-16-27-18-22)17-25-14-11-21(12-15-25)29-24(19-7-3-1-4-8-19)20-9-5-2-6-10-20/h1-10,21-22,24H,11-18H2/t22-/m0/s1. The van der Waals surface area contributed by atoms with Crippen molar-refractivity contribution < 1.29 is 19.0 Å². The van der Waals surface area contributed by atoms with E-state index in [1.165, 1.54) is 11.1 Å². The molecule has 2 aliphatic heterocycles. The van der Waals surface area contributed by atoms with E-state index in [1.54, 1.807) is 0 Å². The van der Waals surface area contributed by atoms with Crippen molar-refractivity contribution in [3.8, 4) is 0 Å². The summed E-state index contributed by atoms with van der Waals surface area (Å²) in [6.07, 6.45) is 2.67. The molecule has 0 aromatic heterocycles. The van der Waals surface area contributed by atoms with Crippen LogP contribution < -0.4 is 0 Å². The molecule has 2 saturated heterocycles. The second-order valence-electron chi connectivity index (χ2n) is 7.79. The Kier molecular flexibility index (Phi) is 6.93. The number of hydrogen-bond acceptors (Lipinski definition) is 5. The number of benzene rings is 2. The molecule has 2 aromatic carbocycles. The number of carbonyl (C=O) groups excluding carboxylic acids is 1.